The summed E-state index contributed by atoms with van der Waals surface area (Å²) in [7, 11) is 0. The van der Waals surface area contributed by atoms with Gasteiger partial charge in [0.15, 0.2) is 5.78 Å². The van der Waals surface area contributed by atoms with Crippen LogP contribution < -0.4 is 5.32 Å². The number of carbonyl (C=O) groups is 2. The Balaban J connectivity index is 1.99. The molecule has 1 fully saturated rings. The van der Waals surface area contributed by atoms with Crippen molar-refractivity contribution in [1.82, 2.24) is 10.3 Å². The van der Waals surface area contributed by atoms with Crippen LogP contribution in [0.25, 0.3) is 0 Å². The SMILES string of the molecule is CC(=O)[C@@H](NC(=O)C1C[C@@H]1c1ccccn1)C(C)(C)C. The molecule has 1 amide bonds. The van der Waals surface area contributed by atoms with E-state index in [0.29, 0.717) is 0 Å². The normalized spacial score (nSPS) is 23.0. The Morgan fingerprint density at radius 1 is 1.35 bits per heavy atom. The van der Waals surface area contributed by atoms with Crippen molar-refractivity contribution < 1.29 is 9.59 Å². The van der Waals surface area contributed by atoms with Crippen molar-refractivity contribution in [1.29, 1.82) is 0 Å². The highest BCUT2D eigenvalue weighted by molar-refractivity contribution is 5.90. The van der Waals surface area contributed by atoms with E-state index in [2.05, 4.69) is 10.3 Å². The van der Waals surface area contributed by atoms with Crippen LogP contribution in [0.3, 0.4) is 0 Å². The maximum absolute atomic E-state index is 12.3. The largest absolute Gasteiger partial charge is 0.346 e. The molecular formula is C16H22N2O2. The van der Waals surface area contributed by atoms with E-state index in [1.54, 1.807) is 6.20 Å². The summed E-state index contributed by atoms with van der Waals surface area (Å²) in [6.45, 7) is 7.41. The molecular weight excluding hydrogens is 252 g/mol. The minimum Gasteiger partial charge on any atom is -0.346 e. The Bertz CT molecular complexity index is 505. The summed E-state index contributed by atoms with van der Waals surface area (Å²) in [6, 6.07) is 5.32. The molecule has 1 aliphatic carbocycles. The number of aromatic nitrogens is 1. The van der Waals surface area contributed by atoms with E-state index in [-0.39, 0.29) is 28.9 Å². The summed E-state index contributed by atoms with van der Waals surface area (Å²) in [5.41, 5.74) is 0.694. The molecule has 0 aromatic carbocycles. The van der Waals surface area contributed by atoms with Crippen LogP contribution in [0.4, 0.5) is 0 Å². The molecule has 1 aromatic heterocycles. The van der Waals surface area contributed by atoms with Crippen molar-refractivity contribution in [2.75, 3.05) is 0 Å². The average molecular weight is 274 g/mol. The number of amides is 1. The predicted octanol–water partition coefficient (Wildman–Crippen LogP) is 2.31. The van der Waals surface area contributed by atoms with Crippen LogP contribution in [0, 0.1) is 11.3 Å². The predicted molar refractivity (Wildman–Crippen MR) is 77.2 cm³/mol. The molecule has 1 heterocycles. The van der Waals surface area contributed by atoms with Gasteiger partial charge < -0.3 is 5.32 Å². The number of hydrogen-bond donors (Lipinski definition) is 1. The third-order valence-corrected chi connectivity index (χ3v) is 3.75. The summed E-state index contributed by atoms with van der Waals surface area (Å²) >= 11 is 0. The van der Waals surface area contributed by atoms with Gasteiger partial charge >= 0.3 is 0 Å². The van der Waals surface area contributed by atoms with E-state index in [1.165, 1.54) is 6.92 Å². The second-order valence-corrected chi connectivity index (χ2v) is 6.62. The molecule has 0 saturated heterocycles. The molecule has 3 atom stereocenters. The lowest BCUT2D eigenvalue weighted by atomic mass is 9.84. The van der Waals surface area contributed by atoms with E-state index in [0.717, 1.165) is 12.1 Å². The topological polar surface area (TPSA) is 59.1 Å². The van der Waals surface area contributed by atoms with Crippen LogP contribution in [-0.4, -0.2) is 22.7 Å². The number of rotatable bonds is 4. The van der Waals surface area contributed by atoms with Gasteiger partial charge in [-0.1, -0.05) is 26.8 Å². The highest BCUT2D eigenvalue weighted by Crippen LogP contribution is 2.46. The molecule has 1 N–H and O–H groups in total. The quantitative estimate of drug-likeness (QED) is 0.916. The van der Waals surface area contributed by atoms with Gasteiger partial charge in [-0.3, -0.25) is 14.6 Å². The first-order valence-electron chi connectivity index (χ1n) is 7.02. The zero-order valence-corrected chi connectivity index (χ0v) is 12.5. The van der Waals surface area contributed by atoms with Crippen molar-refractivity contribution in [3.8, 4) is 0 Å². The zero-order valence-electron chi connectivity index (χ0n) is 12.5. The second-order valence-electron chi connectivity index (χ2n) is 6.62. The Morgan fingerprint density at radius 2 is 2.05 bits per heavy atom. The number of nitrogens with zero attached hydrogens (tertiary/aromatic N) is 1. The number of carbonyl (C=O) groups excluding carboxylic acids is 2. The van der Waals surface area contributed by atoms with E-state index in [1.807, 2.05) is 39.0 Å². The van der Waals surface area contributed by atoms with Gasteiger partial charge in [0, 0.05) is 23.7 Å². The first kappa shape index (κ1) is 14.7. The van der Waals surface area contributed by atoms with Crippen LogP contribution in [-0.2, 0) is 9.59 Å². The standard InChI is InChI=1S/C16H22N2O2/c1-10(19)14(16(2,3)4)18-15(20)12-9-11(12)13-7-5-6-8-17-13/h5-8,11-12,14H,9H2,1-4H3,(H,18,20)/t11-,12?,14+/m0/s1. The molecule has 1 aromatic rings. The van der Waals surface area contributed by atoms with Gasteiger partial charge in [0.05, 0.1) is 6.04 Å². The van der Waals surface area contributed by atoms with Gasteiger partial charge in [0.25, 0.3) is 0 Å². The Labute approximate surface area is 120 Å². The Kier molecular flexibility index (Phi) is 3.93. The van der Waals surface area contributed by atoms with E-state index < -0.39 is 6.04 Å². The number of nitrogens with one attached hydrogen (secondary N) is 1. The third-order valence-electron chi connectivity index (χ3n) is 3.75. The van der Waals surface area contributed by atoms with Gasteiger partial charge in [-0.05, 0) is 30.9 Å². The van der Waals surface area contributed by atoms with Gasteiger partial charge in [0.2, 0.25) is 5.91 Å². The van der Waals surface area contributed by atoms with Gasteiger partial charge in [0.1, 0.15) is 0 Å². The highest BCUT2D eigenvalue weighted by Gasteiger charge is 2.46. The number of pyridine rings is 1. The summed E-state index contributed by atoms with van der Waals surface area (Å²) in [6.07, 6.45) is 2.56. The smallest absolute Gasteiger partial charge is 0.224 e. The fraction of sp³-hybridized carbons (Fsp3) is 0.562. The number of hydrogen-bond acceptors (Lipinski definition) is 3. The molecule has 1 aliphatic rings. The van der Waals surface area contributed by atoms with Crippen LogP contribution >= 0.6 is 0 Å². The van der Waals surface area contributed by atoms with Crippen LogP contribution in [0.15, 0.2) is 24.4 Å². The molecule has 0 radical (unpaired) electrons. The summed E-state index contributed by atoms with van der Waals surface area (Å²) < 4.78 is 0. The molecule has 4 heteroatoms. The van der Waals surface area contributed by atoms with Crippen molar-refractivity contribution in [2.45, 2.75) is 46.1 Å². The number of ketones is 1. The Hall–Kier alpha value is -1.71. The molecule has 1 saturated carbocycles. The zero-order chi connectivity index (χ0) is 14.9. The van der Waals surface area contributed by atoms with Crippen molar-refractivity contribution in [3.05, 3.63) is 30.1 Å². The van der Waals surface area contributed by atoms with Crippen molar-refractivity contribution in [3.63, 3.8) is 0 Å². The third kappa shape index (κ3) is 3.24. The monoisotopic (exact) mass is 274 g/mol. The molecule has 0 bridgehead atoms. The van der Waals surface area contributed by atoms with Crippen molar-refractivity contribution >= 4 is 11.7 Å². The van der Waals surface area contributed by atoms with Crippen molar-refractivity contribution in [2.24, 2.45) is 11.3 Å². The Morgan fingerprint density at radius 3 is 2.55 bits per heavy atom. The fourth-order valence-electron chi connectivity index (χ4n) is 2.58. The van der Waals surface area contributed by atoms with Crippen LogP contribution in [0.1, 0.15) is 45.7 Å². The molecule has 20 heavy (non-hydrogen) atoms. The molecule has 108 valence electrons. The van der Waals surface area contributed by atoms with Gasteiger partial charge in [-0.15, -0.1) is 0 Å². The lowest BCUT2D eigenvalue weighted by Crippen LogP contribution is -2.48. The fourth-order valence-corrected chi connectivity index (χ4v) is 2.58. The maximum atomic E-state index is 12.3. The summed E-state index contributed by atoms with van der Waals surface area (Å²) in [5.74, 6) is 0.120. The molecule has 0 aliphatic heterocycles. The van der Waals surface area contributed by atoms with Gasteiger partial charge in [-0.2, -0.15) is 0 Å². The van der Waals surface area contributed by atoms with E-state index >= 15 is 0 Å². The molecule has 0 spiro atoms. The van der Waals surface area contributed by atoms with E-state index in [4.69, 9.17) is 0 Å². The summed E-state index contributed by atoms with van der Waals surface area (Å²) in [5, 5.41) is 2.90. The lowest BCUT2D eigenvalue weighted by Gasteiger charge is -2.29. The molecule has 4 nitrogen and oxygen atoms in total. The second kappa shape index (κ2) is 5.35. The van der Waals surface area contributed by atoms with Crippen LogP contribution in [0.2, 0.25) is 0 Å². The number of Topliss-reactive ketones (excluding diaryl/α,β-unsaturated/α-hetero) is 1. The minimum atomic E-state index is -0.431. The van der Waals surface area contributed by atoms with E-state index in [9.17, 15) is 9.59 Å². The minimum absolute atomic E-state index is 0.000820. The molecule has 1 unspecified atom stereocenters. The maximum Gasteiger partial charge on any atom is 0.224 e. The lowest BCUT2D eigenvalue weighted by molar-refractivity contribution is -0.130. The summed E-state index contributed by atoms with van der Waals surface area (Å²) in [4.78, 5) is 28.2. The first-order valence-corrected chi connectivity index (χ1v) is 7.02. The highest BCUT2D eigenvalue weighted by atomic mass is 16.2. The van der Waals surface area contributed by atoms with Crippen LogP contribution in [0.5, 0.6) is 0 Å². The average Bonchev–Trinajstić information content (AvgIpc) is 3.15. The first-order chi connectivity index (χ1) is 9.30. The molecule has 2 rings (SSSR count). The van der Waals surface area contributed by atoms with Gasteiger partial charge in [-0.25, -0.2) is 0 Å².